The van der Waals surface area contributed by atoms with E-state index in [0.29, 0.717) is 12.5 Å². The maximum atomic E-state index is 12.3. The van der Waals surface area contributed by atoms with Crippen molar-refractivity contribution in [3.63, 3.8) is 0 Å². The molecule has 78 valence electrons. The summed E-state index contributed by atoms with van der Waals surface area (Å²) in [6.45, 7) is 0. The van der Waals surface area contributed by atoms with Gasteiger partial charge in [0.25, 0.3) is 0 Å². The van der Waals surface area contributed by atoms with Crippen LogP contribution in [0.25, 0.3) is 5.78 Å². The Labute approximate surface area is 81.4 Å². The molecule has 0 aromatic carbocycles. The van der Waals surface area contributed by atoms with Crippen molar-refractivity contribution < 1.29 is 18.0 Å². The van der Waals surface area contributed by atoms with E-state index in [4.69, 9.17) is 0 Å². The van der Waals surface area contributed by atoms with Crippen molar-refractivity contribution in [3.8, 4) is 0 Å². The third-order valence-electron chi connectivity index (χ3n) is 1.84. The fraction of sp³-hybridized carbons (Fsp3) is 0.125. The van der Waals surface area contributed by atoms with Gasteiger partial charge in [0.15, 0.2) is 6.29 Å². The summed E-state index contributed by atoms with van der Waals surface area (Å²) in [7, 11) is 0. The van der Waals surface area contributed by atoms with E-state index in [0.717, 1.165) is 16.8 Å². The van der Waals surface area contributed by atoms with Crippen LogP contribution in [0.2, 0.25) is 0 Å². The van der Waals surface area contributed by atoms with Crippen molar-refractivity contribution in [2.45, 2.75) is 6.18 Å². The first-order chi connectivity index (χ1) is 7.02. The van der Waals surface area contributed by atoms with Crippen LogP contribution in [0.5, 0.6) is 0 Å². The number of nitrogens with zero attached hydrogens (tertiary/aromatic N) is 3. The minimum absolute atomic E-state index is 0.0311. The van der Waals surface area contributed by atoms with Crippen molar-refractivity contribution in [2.24, 2.45) is 0 Å². The van der Waals surface area contributed by atoms with Gasteiger partial charge in [-0.3, -0.25) is 9.20 Å². The third kappa shape index (κ3) is 1.56. The zero-order chi connectivity index (χ0) is 11.1. The Morgan fingerprint density at radius 2 is 1.93 bits per heavy atom. The van der Waals surface area contributed by atoms with Crippen molar-refractivity contribution in [3.05, 3.63) is 29.8 Å². The first kappa shape index (κ1) is 9.63. The summed E-state index contributed by atoms with van der Waals surface area (Å²) >= 11 is 0. The van der Waals surface area contributed by atoms with Gasteiger partial charge in [0.1, 0.15) is 5.69 Å². The standard InChI is InChI=1S/C8H4F3N3O/c9-8(10,11)5-1-12-7-13-2-6(4-15)14(7)3-5/h1-4H. The molecule has 0 saturated carbocycles. The Morgan fingerprint density at radius 3 is 2.53 bits per heavy atom. The van der Waals surface area contributed by atoms with Crippen molar-refractivity contribution in [1.82, 2.24) is 14.4 Å². The zero-order valence-electron chi connectivity index (χ0n) is 7.19. The number of aldehydes is 1. The predicted molar refractivity (Wildman–Crippen MR) is 43.4 cm³/mol. The number of fused-ring (bicyclic) bond motifs is 1. The number of alkyl halides is 3. The summed E-state index contributed by atoms with van der Waals surface area (Å²) in [6, 6.07) is 0. The molecule has 2 aromatic heterocycles. The largest absolute Gasteiger partial charge is 0.419 e. The van der Waals surface area contributed by atoms with Crippen LogP contribution in [-0.4, -0.2) is 20.7 Å². The van der Waals surface area contributed by atoms with Crippen LogP contribution < -0.4 is 0 Å². The number of hydrogen-bond acceptors (Lipinski definition) is 3. The first-order valence-corrected chi connectivity index (χ1v) is 3.88. The number of hydrogen-bond donors (Lipinski definition) is 0. The second-order valence-electron chi connectivity index (χ2n) is 2.81. The fourth-order valence-electron chi connectivity index (χ4n) is 1.12. The molecule has 0 radical (unpaired) electrons. The lowest BCUT2D eigenvalue weighted by atomic mass is 10.3. The van der Waals surface area contributed by atoms with Gasteiger partial charge >= 0.3 is 6.18 Å². The van der Waals surface area contributed by atoms with E-state index in [9.17, 15) is 18.0 Å². The lowest BCUT2D eigenvalue weighted by Crippen LogP contribution is -2.08. The molecule has 2 aromatic rings. The second-order valence-corrected chi connectivity index (χ2v) is 2.81. The molecule has 0 fully saturated rings. The highest BCUT2D eigenvalue weighted by Gasteiger charge is 2.31. The highest BCUT2D eigenvalue weighted by atomic mass is 19.4. The molecular formula is C8H4F3N3O. The molecule has 0 bridgehead atoms. The van der Waals surface area contributed by atoms with Crippen LogP contribution >= 0.6 is 0 Å². The first-order valence-electron chi connectivity index (χ1n) is 3.88. The van der Waals surface area contributed by atoms with Crippen LogP contribution in [0.3, 0.4) is 0 Å². The summed E-state index contributed by atoms with van der Waals surface area (Å²) in [4.78, 5) is 17.6. The van der Waals surface area contributed by atoms with Crippen molar-refractivity contribution in [2.75, 3.05) is 0 Å². The highest BCUT2D eigenvalue weighted by Crippen LogP contribution is 2.28. The van der Waals surface area contributed by atoms with Crippen LogP contribution in [0, 0.1) is 0 Å². The Balaban J connectivity index is 2.68. The summed E-state index contributed by atoms with van der Waals surface area (Å²) in [5.41, 5.74) is -0.889. The van der Waals surface area contributed by atoms with E-state index >= 15 is 0 Å². The lowest BCUT2D eigenvalue weighted by molar-refractivity contribution is -0.138. The second kappa shape index (κ2) is 3.04. The topological polar surface area (TPSA) is 47.3 Å². The Kier molecular flexibility index (Phi) is 1.95. The molecular weight excluding hydrogens is 211 g/mol. The van der Waals surface area contributed by atoms with Crippen LogP contribution in [0.4, 0.5) is 13.2 Å². The van der Waals surface area contributed by atoms with Gasteiger partial charge in [-0.25, -0.2) is 9.97 Å². The Hall–Kier alpha value is -1.92. The van der Waals surface area contributed by atoms with Crippen LogP contribution in [0.1, 0.15) is 16.1 Å². The minimum atomic E-state index is -4.48. The van der Waals surface area contributed by atoms with Gasteiger partial charge in [0.2, 0.25) is 5.78 Å². The van der Waals surface area contributed by atoms with Gasteiger partial charge in [0, 0.05) is 12.4 Å². The van der Waals surface area contributed by atoms with Gasteiger partial charge in [-0.2, -0.15) is 13.2 Å². The summed E-state index contributed by atoms with van der Waals surface area (Å²) in [5, 5.41) is 0. The molecule has 15 heavy (non-hydrogen) atoms. The number of aromatic nitrogens is 3. The van der Waals surface area contributed by atoms with Gasteiger partial charge in [-0.05, 0) is 0 Å². The van der Waals surface area contributed by atoms with Gasteiger partial charge < -0.3 is 0 Å². The molecule has 4 nitrogen and oxygen atoms in total. The normalized spacial score (nSPS) is 11.9. The highest BCUT2D eigenvalue weighted by molar-refractivity contribution is 5.73. The maximum Gasteiger partial charge on any atom is 0.419 e. The Morgan fingerprint density at radius 1 is 1.27 bits per heavy atom. The molecule has 2 rings (SSSR count). The molecule has 0 spiro atoms. The molecule has 0 unspecified atom stereocenters. The van der Waals surface area contributed by atoms with Gasteiger partial charge in [-0.15, -0.1) is 0 Å². The van der Waals surface area contributed by atoms with E-state index in [1.54, 1.807) is 0 Å². The van der Waals surface area contributed by atoms with E-state index in [1.165, 1.54) is 0 Å². The predicted octanol–water partition coefficient (Wildman–Crippen LogP) is 1.56. The smallest absolute Gasteiger partial charge is 0.296 e. The molecule has 0 saturated heterocycles. The molecule has 0 aliphatic rings. The summed E-state index contributed by atoms with van der Waals surface area (Å²) < 4.78 is 37.9. The summed E-state index contributed by atoms with van der Waals surface area (Å²) in [6.07, 6.45) is -1.43. The molecule has 0 atom stereocenters. The Bertz CT molecular complexity index is 517. The minimum Gasteiger partial charge on any atom is -0.296 e. The molecule has 0 amide bonds. The van der Waals surface area contributed by atoms with Crippen LogP contribution in [0.15, 0.2) is 18.6 Å². The molecule has 0 aliphatic carbocycles. The zero-order valence-corrected chi connectivity index (χ0v) is 7.19. The summed E-state index contributed by atoms with van der Waals surface area (Å²) in [5.74, 6) is 0.0603. The average molecular weight is 215 g/mol. The van der Waals surface area contributed by atoms with E-state index in [1.807, 2.05) is 0 Å². The third-order valence-corrected chi connectivity index (χ3v) is 1.84. The van der Waals surface area contributed by atoms with Crippen molar-refractivity contribution in [1.29, 1.82) is 0 Å². The van der Waals surface area contributed by atoms with Crippen molar-refractivity contribution >= 4 is 12.1 Å². The number of imidazole rings is 1. The number of carbonyl (C=O) groups is 1. The molecule has 2 heterocycles. The SMILES string of the molecule is O=Cc1cnc2ncc(C(F)(F)F)cn12. The van der Waals surface area contributed by atoms with E-state index in [2.05, 4.69) is 9.97 Å². The average Bonchev–Trinajstić information content (AvgIpc) is 2.57. The number of rotatable bonds is 1. The maximum absolute atomic E-state index is 12.3. The van der Waals surface area contributed by atoms with Gasteiger partial charge in [0.05, 0.1) is 11.8 Å². The van der Waals surface area contributed by atoms with Gasteiger partial charge in [-0.1, -0.05) is 0 Å². The van der Waals surface area contributed by atoms with E-state index in [-0.39, 0.29) is 11.5 Å². The quantitative estimate of drug-likeness (QED) is 0.678. The molecule has 0 aliphatic heterocycles. The monoisotopic (exact) mass is 215 g/mol. The fourth-order valence-corrected chi connectivity index (χ4v) is 1.12. The lowest BCUT2D eigenvalue weighted by Gasteiger charge is -2.05. The molecule has 7 heteroatoms. The number of carbonyl (C=O) groups excluding carboxylic acids is 1. The number of halogens is 3. The van der Waals surface area contributed by atoms with E-state index < -0.39 is 11.7 Å². The van der Waals surface area contributed by atoms with Crippen LogP contribution in [-0.2, 0) is 6.18 Å². The molecule has 0 N–H and O–H groups in total.